The third kappa shape index (κ3) is 2.93. The van der Waals surface area contributed by atoms with Crippen molar-refractivity contribution in [3.05, 3.63) is 46.5 Å². The minimum atomic E-state index is -0.275. The van der Waals surface area contributed by atoms with Gasteiger partial charge in [0.1, 0.15) is 5.82 Å². The van der Waals surface area contributed by atoms with Crippen LogP contribution in [0.3, 0.4) is 0 Å². The van der Waals surface area contributed by atoms with Gasteiger partial charge in [-0.15, -0.1) is 5.10 Å². The number of aromatic nitrogens is 3. The van der Waals surface area contributed by atoms with E-state index in [1.165, 1.54) is 0 Å². The fourth-order valence-corrected chi connectivity index (χ4v) is 2.04. The van der Waals surface area contributed by atoms with Gasteiger partial charge in [-0.2, -0.15) is 0 Å². The van der Waals surface area contributed by atoms with E-state index in [4.69, 9.17) is 11.6 Å². The van der Waals surface area contributed by atoms with Crippen LogP contribution in [-0.2, 0) is 6.54 Å². The molecule has 0 atom stereocenters. The molecule has 0 unspecified atom stereocenters. The molecule has 98 valence electrons. The number of nitrogens with one attached hydrogen (secondary N) is 2. The first-order valence-corrected chi connectivity index (χ1v) is 6.55. The van der Waals surface area contributed by atoms with Gasteiger partial charge in [-0.05, 0) is 30.5 Å². The average molecular weight is 277 g/mol. The lowest BCUT2D eigenvalue weighted by atomic mass is 10.2. The minimum Gasteiger partial charge on any atom is -0.345 e. The van der Waals surface area contributed by atoms with Gasteiger partial charge < -0.3 is 5.32 Å². The van der Waals surface area contributed by atoms with Gasteiger partial charge in [0.05, 0.1) is 0 Å². The molecule has 0 bridgehead atoms. The van der Waals surface area contributed by atoms with E-state index in [-0.39, 0.29) is 11.7 Å². The number of hydrogen-bond acceptors (Lipinski definition) is 3. The molecule has 0 radical (unpaired) electrons. The Labute approximate surface area is 115 Å². The van der Waals surface area contributed by atoms with Crippen LogP contribution in [-0.4, -0.2) is 21.1 Å². The Hall–Kier alpha value is -1.88. The van der Waals surface area contributed by atoms with Gasteiger partial charge in [0.2, 0.25) is 5.82 Å². The van der Waals surface area contributed by atoms with Crippen molar-refractivity contribution in [2.45, 2.75) is 25.3 Å². The Morgan fingerprint density at radius 3 is 3.05 bits per heavy atom. The highest BCUT2D eigenvalue weighted by Gasteiger charge is 2.28. The van der Waals surface area contributed by atoms with Crippen LogP contribution in [0.15, 0.2) is 24.3 Å². The first-order chi connectivity index (χ1) is 9.22. The first-order valence-electron chi connectivity index (χ1n) is 6.17. The second-order valence-electron chi connectivity index (χ2n) is 4.63. The van der Waals surface area contributed by atoms with E-state index in [0.717, 1.165) is 24.2 Å². The number of hydrogen-bond donors (Lipinski definition) is 2. The van der Waals surface area contributed by atoms with Crippen LogP contribution in [0.4, 0.5) is 0 Å². The average Bonchev–Trinajstić information content (AvgIpc) is 3.14. The summed E-state index contributed by atoms with van der Waals surface area (Å²) < 4.78 is 0. The Balaban J connectivity index is 1.61. The topological polar surface area (TPSA) is 70.7 Å². The first kappa shape index (κ1) is 12.2. The van der Waals surface area contributed by atoms with Crippen LogP contribution in [0.1, 0.15) is 40.8 Å². The largest absolute Gasteiger partial charge is 0.345 e. The fraction of sp³-hybridized carbons (Fsp3) is 0.308. The number of halogens is 1. The maximum Gasteiger partial charge on any atom is 0.291 e. The van der Waals surface area contributed by atoms with Crippen molar-refractivity contribution in [2.24, 2.45) is 0 Å². The molecular formula is C13H13ClN4O. The Bertz CT molecular complexity index is 606. The van der Waals surface area contributed by atoms with Gasteiger partial charge >= 0.3 is 0 Å². The highest BCUT2D eigenvalue weighted by Crippen LogP contribution is 2.37. The van der Waals surface area contributed by atoms with Crippen LogP contribution < -0.4 is 5.32 Å². The number of nitrogens with zero attached hydrogens (tertiary/aromatic N) is 2. The third-order valence-electron chi connectivity index (χ3n) is 3.01. The van der Waals surface area contributed by atoms with Crippen LogP contribution in [0.25, 0.3) is 0 Å². The zero-order chi connectivity index (χ0) is 13.2. The molecular weight excluding hydrogens is 264 g/mol. The summed E-state index contributed by atoms with van der Waals surface area (Å²) in [4.78, 5) is 16.1. The van der Waals surface area contributed by atoms with Crippen molar-refractivity contribution in [3.63, 3.8) is 0 Å². The van der Waals surface area contributed by atoms with E-state index in [0.29, 0.717) is 17.5 Å². The summed E-state index contributed by atoms with van der Waals surface area (Å²) in [6.07, 6.45) is 2.25. The van der Waals surface area contributed by atoms with E-state index in [1.54, 1.807) is 6.07 Å². The SMILES string of the molecule is O=C(NCc1cccc(Cl)c1)c1n[nH]c(C2CC2)n1. The molecule has 2 aromatic rings. The van der Waals surface area contributed by atoms with Gasteiger partial charge in [-0.3, -0.25) is 9.89 Å². The van der Waals surface area contributed by atoms with Crippen LogP contribution in [0, 0.1) is 0 Å². The summed E-state index contributed by atoms with van der Waals surface area (Å²) in [5.74, 6) is 1.20. The number of carbonyl (C=O) groups excluding carboxylic acids is 1. The zero-order valence-corrected chi connectivity index (χ0v) is 10.9. The molecule has 2 N–H and O–H groups in total. The summed E-state index contributed by atoms with van der Waals surface area (Å²) in [7, 11) is 0. The van der Waals surface area contributed by atoms with Gasteiger partial charge in [-0.1, -0.05) is 23.7 Å². The molecule has 6 heteroatoms. The lowest BCUT2D eigenvalue weighted by Crippen LogP contribution is -2.24. The minimum absolute atomic E-state index is 0.198. The monoisotopic (exact) mass is 276 g/mol. The lowest BCUT2D eigenvalue weighted by molar-refractivity contribution is 0.0941. The van der Waals surface area contributed by atoms with Crippen molar-refractivity contribution in [2.75, 3.05) is 0 Å². The Kier molecular flexibility index (Phi) is 3.21. The Morgan fingerprint density at radius 2 is 2.32 bits per heavy atom. The number of amides is 1. The van der Waals surface area contributed by atoms with E-state index >= 15 is 0 Å². The molecule has 0 aliphatic heterocycles. The molecule has 5 nitrogen and oxygen atoms in total. The zero-order valence-electron chi connectivity index (χ0n) is 10.2. The molecule has 1 heterocycles. The smallest absolute Gasteiger partial charge is 0.291 e. The summed E-state index contributed by atoms with van der Waals surface area (Å²) >= 11 is 5.88. The van der Waals surface area contributed by atoms with Gasteiger partial charge in [0.15, 0.2) is 0 Å². The predicted molar refractivity (Wildman–Crippen MR) is 71.0 cm³/mol. The molecule has 19 heavy (non-hydrogen) atoms. The summed E-state index contributed by atoms with van der Waals surface area (Å²) in [5, 5.41) is 10.2. The summed E-state index contributed by atoms with van der Waals surface area (Å²) in [6, 6.07) is 7.36. The molecule has 1 aromatic heterocycles. The fourth-order valence-electron chi connectivity index (χ4n) is 1.82. The molecule has 1 saturated carbocycles. The van der Waals surface area contributed by atoms with E-state index < -0.39 is 0 Å². The quantitative estimate of drug-likeness (QED) is 0.900. The van der Waals surface area contributed by atoms with Gasteiger partial charge in [-0.25, -0.2) is 4.98 Å². The lowest BCUT2D eigenvalue weighted by Gasteiger charge is -2.03. The highest BCUT2D eigenvalue weighted by atomic mass is 35.5. The Morgan fingerprint density at radius 1 is 1.47 bits per heavy atom. The van der Waals surface area contributed by atoms with E-state index in [2.05, 4.69) is 20.5 Å². The number of rotatable bonds is 4. The number of H-pyrrole nitrogens is 1. The maximum absolute atomic E-state index is 11.9. The molecule has 1 amide bonds. The molecule has 0 spiro atoms. The molecule has 1 aliphatic carbocycles. The van der Waals surface area contributed by atoms with Crippen molar-refractivity contribution < 1.29 is 4.79 Å². The van der Waals surface area contributed by atoms with Crippen molar-refractivity contribution in [3.8, 4) is 0 Å². The van der Waals surface area contributed by atoms with Crippen molar-refractivity contribution in [1.82, 2.24) is 20.5 Å². The van der Waals surface area contributed by atoms with Crippen LogP contribution >= 0.6 is 11.6 Å². The molecule has 1 fully saturated rings. The predicted octanol–water partition coefficient (Wildman–Crippen LogP) is 2.27. The highest BCUT2D eigenvalue weighted by molar-refractivity contribution is 6.30. The number of carbonyl (C=O) groups is 1. The van der Waals surface area contributed by atoms with Crippen LogP contribution in [0.5, 0.6) is 0 Å². The number of aromatic amines is 1. The van der Waals surface area contributed by atoms with Crippen LogP contribution in [0.2, 0.25) is 5.02 Å². The van der Waals surface area contributed by atoms with E-state index in [1.807, 2.05) is 18.2 Å². The van der Waals surface area contributed by atoms with E-state index in [9.17, 15) is 4.79 Å². The normalized spacial score (nSPS) is 14.4. The molecule has 1 aliphatic rings. The molecule has 3 rings (SSSR count). The molecule has 0 saturated heterocycles. The second kappa shape index (κ2) is 5.01. The van der Waals surface area contributed by atoms with Gasteiger partial charge in [0.25, 0.3) is 5.91 Å². The van der Waals surface area contributed by atoms with Crippen molar-refractivity contribution in [1.29, 1.82) is 0 Å². The number of benzene rings is 1. The summed E-state index contributed by atoms with van der Waals surface area (Å²) in [6.45, 7) is 0.409. The standard InChI is InChI=1S/C13H13ClN4O/c14-10-3-1-2-8(6-10)7-15-13(19)12-16-11(17-18-12)9-4-5-9/h1-3,6,9H,4-5,7H2,(H,15,19)(H,16,17,18). The maximum atomic E-state index is 11.9. The second-order valence-corrected chi connectivity index (χ2v) is 5.07. The third-order valence-corrected chi connectivity index (χ3v) is 3.25. The molecule has 1 aromatic carbocycles. The van der Waals surface area contributed by atoms with Crippen molar-refractivity contribution >= 4 is 17.5 Å². The van der Waals surface area contributed by atoms with Gasteiger partial charge in [0, 0.05) is 17.5 Å². The summed E-state index contributed by atoms with van der Waals surface area (Å²) in [5.41, 5.74) is 0.943.